The Morgan fingerprint density at radius 2 is 1.96 bits per heavy atom. The van der Waals surface area contributed by atoms with E-state index in [4.69, 9.17) is 0 Å². The molecule has 3 fully saturated rings. The predicted octanol–water partition coefficient (Wildman–Crippen LogP) is 2.44. The number of fused-ring (bicyclic) bond motifs is 1. The zero-order valence-corrected chi connectivity index (χ0v) is 16.5. The number of carbonyl (C=O) groups is 1. The Morgan fingerprint density at radius 1 is 1.30 bits per heavy atom. The minimum absolute atomic E-state index is 0.00721. The van der Waals surface area contributed by atoms with Gasteiger partial charge in [-0.1, -0.05) is 13.8 Å². The van der Waals surface area contributed by atoms with Crippen LogP contribution in [0.5, 0.6) is 0 Å². The van der Waals surface area contributed by atoms with E-state index < -0.39 is 10.0 Å². The predicted molar refractivity (Wildman–Crippen MR) is 97.3 cm³/mol. The van der Waals surface area contributed by atoms with Crippen LogP contribution in [0.3, 0.4) is 0 Å². The molecule has 2 bridgehead atoms. The highest BCUT2D eigenvalue weighted by Crippen LogP contribution is 2.69. The van der Waals surface area contributed by atoms with E-state index in [1.54, 1.807) is 0 Å². The third-order valence-corrected chi connectivity index (χ3v) is 10.2. The zero-order valence-electron chi connectivity index (χ0n) is 14.0. The highest BCUT2D eigenvalue weighted by molar-refractivity contribution is 8.38. The molecule has 0 unspecified atom stereocenters. The molecule has 23 heavy (non-hydrogen) atoms. The molecule has 1 aliphatic heterocycles. The van der Waals surface area contributed by atoms with Crippen LogP contribution in [-0.2, 0) is 14.8 Å². The van der Waals surface area contributed by atoms with Crippen LogP contribution < -0.4 is 0 Å². The molecule has 3 aliphatic rings. The number of thioether (sulfide) groups is 2. The quantitative estimate of drug-likeness (QED) is 0.547. The highest BCUT2D eigenvalue weighted by atomic mass is 32.2. The molecule has 1 spiro atoms. The Balaban J connectivity index is 1.89. The summed E-state index contributed by atoms with van der Waals surface area (Å²) >= 11 is 2.95. The Morgan fingerprint density at radius 3 is 2.52 bits per heavy atom. The van der Waals surface area contributed by atoms with E-state index in [0.717, 1.165) is 23.6 Å². The minimum Gasteiger partial charge on any atom is -0.272 e. The lowest BCUT2D eigenvalue weighted by atomic mass is 9.69. The third kappa shape index (κ3) is 2.39. The van der Waals surface area contributed by atoms with Gasteiger partial charge in [0.1, 0.15) is 10.9 Å². The van der Waals surface area contributed by atoms with Crippen LogP contribution in [0.1, 0.15) is 33.1 Å². The number of rotatable bonds is 2. The van der Waals surface area contributed by atoms with Crippen molar-refractivity contribution in [3.05, 3.63) is 0 Å². The SMILES string of the molecule is CSC(=NCC(=O)N1[C@H]2C[C@@H]3CC[C@]2(CS1(=O)=O)C3(C)C)SC. The summed E-state index contributed by atoms with van der Waals surface area (Å²) < 4.78 is 27.4. The van der Waals surface area contributed by atoms with Gasteiger partial charge in [0.25, 0.3) is 5.91 Å². The van der Waals surface area contributed by atoms with Gasteiger partial charge in [-0.15, -0.1) is 23.5 Å². The maximum Gasteiger partial charge on any atom is 0.258 e. The average molecular weight is 377 g/mol. The van der Waals surface area contributed by atoms with Crippen LogP contribution in [0.4, 0.5) is 0 Å². The molecule has 1 amide bonds. The molecule has 0 N–H and O–H groups in total. The van der Waals surface area contributed by atoms with Gasteiger partial charge in [0.2, 0.25) is 10.0 Å². The molecular formula is C15H24N2O3S3. The molecule has 1 saturated heterocycles. The van der Waals surface area contributed by atoms with Gasteiger partial charge in [-0.2, -0.15) is 0 Å². The van der Waals surface area contributed by atoms with Crippen LogP contribution in [-0.4, -0.2) is 53.9 Å². The van der Waals surface area contributed by atoms with Crippen LogP contribution in [0.15, 0.2) is 4.99 Å². The second-order valence-corrected chi connectivity index (χ2v) is 11.0. The summed E-state index contributed by atoms with van der Waals surface area (Å²) in [6.45, 7) is 4.30. The average Bonchev–Trinajstić information content (AvgIpc) is 2.95. The molecule has 0 radical (unpaired) electrons. The Labute approximate surface area is 147 Å². The molecule has 5 nitrogen and oxygen atoms in total. The molecule has 2 saturated carbocycles. The number of nitrogens with zero attached hydrogens (tertiary/aromatic N) is 2. The Kier molecular flexibility index (Phi) is 4.33. The van der Waals surface area contributed by atoms with E-state index in [2.05, 4.69) is 18.8 Å². The van der Waals surface area contributed by atoms with Crippen molar-refractivity contribution in [2.24, 2.45) is 21.7 Å². The molecule has 1 heterocycles. The number of hydrogen-bond donors (Lipinski definition) is 0. The fraction of sp³-hybridized carbons (Fsp3) is 0.867. The number of amides is 1. The Hall–Kier alpha value is -0.210. The molecule has 3 atom stereocenters. The first kappa shape index (κ1) is 17.6. The van der Waals surface area contributed by atoms with Crippen molar-refractivity contribution >= 4 is 43.8 Å². The normalized spacial score (nSPS) is 36.1. The summed E-state index contributed by atoms with van der Waals surface area (Å²) in [6, 6.07) is -0.157. The summed E-state index contributed by atoms with van der Waals surface area (Å²) in [5, 5.41) is 0. The highest BCUT2D eigenvalue weighted by Gasteiger charge is 2.72. The van der Waals surface area contributed by atoms with Crippen molar-refractivity contribution in [2.75, 3.05) is 24.8 Å². The van der Waals surface area contributed by atoms with E-state index in [1.807, 2.05) is 12.5 Å². The lowest BCUT2D eigenvalue weighted by Gasteiger charge is -2.37. The van der Waals surface area contributed by atoms with Gasteiger partial charge >= 0.3 is 0 Å². The van der Waals surface area contributed by atoms with Gasteiger partial charge in [-0.05, 0) is 43.1 Å². The maximum atomic E-state index is 12.7. The van der Waals surface area contributed by atoms with E-state index in [0.29, 0.717) is 5.92 Å². The first-order valence-electron chi connectivity index (χ1n) is 7.87. The zero-order chi connectivity index (χ0) is 17.0. The second kappa shape index (κ2) is 5.66. The monoisotopic (exact) mass is 376 g/mol. The van der Waals surface area contributed by atoms with Gasteiger partial charge in [-0.3, -0.25) is 9.79 Å². The summed E-state index contributed by atoms with van der Waals surface area (Å²) in [4.78, 5) is 16.9. The van der Waals surface area contributed by atoms with Gasteiger partial charge in [0, 0.05) is 5.41 Å². The van der Waals surface area contributed by atoms with Crippen LogP contribution in [0, 0.1) is 16.7 Å². The molecule has 130 valence electrons. The molecule has 0 aromatic rings. The maximum absolute atomic E-state index is 12.7. The first-order chi connectivity index (χ1) is 10.7. The van der Waals surface area contributed by atoms with Crippen molar-refractivity contribution in [2.45, 2.75) is 39.2 Å². The summed E-state index contributed by atoms with van der Waals surface area (Å²) in [5.74, 6) is 0.284. The van der Waals surface area contributed by atoms with Crippen LogP contribution in [0.25, 0.3) is 0 Å². The summed E-state index contributed by atoms with van der Waals surface area (Å²) in [6.07, 6.45) is 6.63. The van der Waals surface area contributed by atoms with Gasteiger partial charge in [0.05, 0.1) is 11.8 Å². The summed E-state index contributed by atoms with van der Waals surface area (Å²) in [5.41, 5.74) is -0.259. The van der Waals surface area contributed by atoms with Crippen molar-refractivity contribution in [1.29, 1.82) is 0 Å². The van der Waals surface area contributed by atoms with Crippen molar-refractivity contribution in [3.63, 3.8) is 0 Å². The number of carbonyl (C=O) groups excluding carboxylic acids is 1. The molecular weight excluding hydrogens is 352 g/mol. The first-order valence-corrected chi connectivity index (χ1v) is 11.9. The van der Waals surface area contributed by atoms with Crippen molar-refractivity contribution in [3.8, 4) is 0 Å². The second-order valence-electron chi connectivity index (χ2n) is 7.30. The van der Waals surface area contributed by atoms with Gasteiger partial charge < -0.3 is 0 Å². The molecule has 0 aromatic carbocycles. The van der Waals surface area contributed by atoms with Crippen molar-refractivity contribution < 1.29 is 13.2 Å². The standard InChI is InChI=1S/C15H24N2O3S3/c1-14(2)10-5-6-15(14)9-23(19,20)17(11(15)7-10)12(18)8-16-13(21-3)22-4/h10-11H,5-9H2,1-4H3/t10-,11-,15+/m0/s1. The lowest BCUT2D eigenvalue weighted by Crippen LogP contribution is -2.45. The summed E-state index contributed by atoms with van der Waals surface area (Å²) in [7, 11) is -3.52. The molecule has 3 rings (SSSR count). The lowest BCUT2D eigenvalue weighted by molar-refractivity contribution is -0.127. The minimum atomic E-state index is -3.52. The topological polar surface area (TPSA) is 66.8 Å². The van der Waals surface area contributed by atoms with Gasteiger partial charge in [-0.25, -0.2) is 12.7 Å². The molecule has 8 heteroatoms. The van der Waals surface area contributed by atoms with E-state index in [9.17, 15) is 13.2 Å². The molecule has 2 aliphatic carbocycles. The van der Waals surface area contributed by atoms with E-state index >= 15 is 0 Å². The number of aliphatic imine (C=N–C) groups is 1. The van der Waals surface area contributed by atoms with Gasteiger partial charge in [0.15, 0.2) is 0 Å². The fourth-order valence-corrected chi connectivity index (χ4v) is 8.63. The van der Waals surface area contributed by atoms with Crippen molar-refractivity contribution in [1.82, 2.24) is 4.31 Å². The smallest absolute Gasteiger partial charge is 0.258 e. The Bertz CT molecular complexity index is 653. The third-order valence-electron chi connectivity index (χ3n) is 6.35. The van der Waals surface area contributed by atoms with E-state index in [-0.39, 0.29) is 35.1 Å². The number of sulfonamides is 1. The molecule has 0 aromatic heterocycles. The van der Waals surface area contributed by atoms with E-state index in [1.165, 1.54) is 27.8 Å². The largest absolute Gasteiger partial charge is 0.272 e. The fourth-order valence-electron chi connectivity index (χ4n) is 5.03. The number of hydrogen-bond acceptors (Lipinski definition) is 6. The van der Waals surface area contributed by atoms with Crippen LogP contribution >= 0.6 is 23.5 Å². The van der Waals surface area contributed by atoms with Crippen LogP contribution in [0.2, 0.25) is 0 Å².